The molecule has 1 aliphatic rings. The number of piperazine rings is 1. The van der Waals surface area contributed by atoms with E-state index in [0.29, 0.717) is 0 Å². The van der Waals surface area contributed by atoms with Crippen molar-refractivity contribution in [2.24, 2.45) is 5.18 Å². The van der Waals surface area contributed by atoms with Crippen molar-refractivity contribution in [3.63, 3.8) is 0 Å². The summed E-state index contributed by atoms with van der Waals surface area (Å²) >= 11 is 0. The highest BCUT2D eigenvalue weighted by atomic mass is 16.3. The fraction of sp³-hybridized carbons (Fsp3) is 0.500. The summed E-state index contributed by atoms with van der Waals surface area (Å²) in [6, 6.07) is 3.86. The molecule has 1 fully saturated rings. The SMILES string of the molecule is O=NCc1ccc(N2CCNCC2)nc1. The molecule has 0 amide bonds. The average molecular weight is 206 g/mol. The first-order valence-electron chi connectivity index (χ1n) is 5.10. The maximum absolute atomic E-state index is 10.1. The van der Waals surface area contributed by atoms with Gasteiger partial charge in [0.15, 0.2) is 0 Å². The van der Waals surface area contributed by atoms with Crippen molar-refractivity contribution in [3.8, 4) is 0 Å². The molecule has 0 spiro atoms. The predicted molar refractivity (Wildman–Crippen MR) is 58.8 cm³/mol. The number of pyridine rings is 1. The summed E-state index contributed by atoms with van der Waals surface area (Å²) in [5, 5.41) is 6.12. The number of hydrogen-bond donors (Lipinski definition) is 1. The number of nitrogens with one attached hydrogen (secondary N) is 1. The van der Waals surface area contributed by atoms with E-state index in [0.717, 1.165) is 37.6 Å². The molecule has 5 nitrogen and oxygen atoms in total. The van der Waals surface area contributed by atoms with Gasteiger partial charge in [-0.05, 0) is 11.6 Å². The minimum atomic E-state index is 0.203. The topological polar surface area (TPSA) is 57.6 Å². The van der Waals surface area contributed by atoms with Crippen LogP contribution in [-0.2, 0) is 6.54 Å². The van der Waals surface area contributed by atoms with Gasteiger partial charge in [0, 0.05) is 32.4 Å². The van der Waals surface area contributed by atoms with Gasteiger partial charge in [-0.15, -0.1) is 0 Å². The van der Waals surface area contributed by atoms with Crippen LogP contribution in [0.2, 0.25) is 0 Å². The molecular weight excluding hydrogens is 192 g/mol. The van der Waals surface area contributed by atoms with Crippen molar-refractivity contribution in [1.29, 1.82) is 0 Å². The van der Waals surface area contributed by atoms with Crippen LogP contribution in [0.4, 0.5) is 5.82 Å². The minimum Gasteiger partial charge on any atom is -0.354 e. The van der Waals surface area contributed by atoms with Gasteiger partial charge in [0.25, 0.3) is 0 Å². The van der Waals surface area contributed by atoms with Gasteiger partial charge in [0.1, 0.15) is 12.4 Å². The van der Waals surface area contributed by atoms with Gasteiger partial charge in [-0.1, -0.05) is 11.2 Å². The predicted octanol–water partition coefficient (Wildman–Crippen LogP) is 0.758. The third kappa shape index (κ3) is 2.50. The van der Waals surface area contributed by atoms with E-state index in [9.17, 15) is 4.91 Å². The zero-order valence-electron chi connectivity index (χ0n) is 8.52. The summed E-state index contributed by atoms with van der Waals surface area (Å²) in [5.41, 5.74) is 0.865. The number of rotatable bonds is 3. The highest BCUT2D eigenvalue weighted by Gasteiger charge is 2.10. The molecule has 2 rings (SSSR count). The Morgan fingerprint density at radius 2 is 2.20 bits per heavy atom. The van der Waals surface area contributed by atoms with E-state index >= 15 is 0 Å². The number of anilines is 1. The molecule has 0 saturated carbocycles. The third-order valence-corrected chi connectivity index (χ3v) is 2.50. The molecule has 1 aromatic heterocycles. The molecule has 15 heavy (non-hydrogen) atoms. The van der Waals surface area contributed by atoms with Crippen LogP contribution in [0.1, 0.15) is 5.56 Å². The zero-order chi connectivity index (χ0) is 10.5. The van der Waals surface area contributed by atoms with Crippen LogP contribution in [0.25, 0.3) is 0 Å². The van der Waals surface area contributed by atoms with E-state index in [-0.39, 0.29) is 6.54 Å². The van der Waals surface area contributed by atoms with Crippen LogP contribution < -0.4 is 10.2 Å². The normalized spacial score (nSPS) is 16.4. The van der Waals surface area contributed by atoms with Crippen molar-refractivity contribution >= 4 is 5.82 Å². The standard InChI is InChI=1S/C10H14N4O/c15-13-8-9-1-2-10(12-7-9)14-5-3-11-4-6-14/h1-2,7,11H,3-6,8H2. The number of nitrogens with zero attached hydrogens (tertiary/aromatic N) is 3. The number of aromatic nitrogens is 1. The van der Waals surface area contributed by atoms with Gasteiger partial charge < -0.3 is 10.2 Å². The molecule has 1 aromatic rings. The fourth-order valence-corrected chi connectivity index (χ4v) is 1.67. The zero-order valence-corrected chi connectivity index (χ0v) is 8.52. The van der Waals surface area contributed by atoms with Crippen molar-refractivity contribution in [2.75, 3.05) is 31.1 Å². The molecular formula is C10H14N4O. The van der Waals surface area contributed by atoms with E-state index in [4.69, 9.17) is 0 Å². The fourth-order valence-electron chi connectivity index (χ4n) is 1.67. The van der Waals surface area contributed by atoms with Crippen molar-refractivity contribution in [2.45, 2.75) is 6.54 Å². The van der Waals surface area contributed by atoms with Gasteiger partial charge in [-0.2, -0.15) is 4.91 Å². The van der Waals surface area contributed by atoms with Crippen LogP contribution >= 0.6 is 0 Å². The summed E-state index contributed by atoms with van der Waals surface area (Å²) in [6.07, 6.45) is 1.72. The van der Waals surface area contributed by atoms with Gasteiger partial charge >= 0.3 is 0 Å². The Kier molecular flexibility index (Phi) is 3.24. The highest BCUT2D eigenvalue weighted by molar-refractivity contribution is 5.39. The van der Waals surface area contributed by atoms with E-state index in [1.54, 1.807) is 6.20 Å². The van der Waals surface area contributed by atoms with Gasteiger partial charge in [0.05, 0.1) is 0 Å². The van der Waals surface area contributed by atoms with E-state index in [1.165, 1.54) is 0 Å². The van der Waals surface area contributed by atoms with E-state index in [2.05, 4.69) is 20.4 Å². The van der Waals surface area contributed by atoms with Crippen molar-refractivity contribution < 1.29 is 0 Å². The molecule has 0 aromatic carbocycles. The summed E-state index contributed by atoms with van der Waals surface area (Å²) in [5.74, 6) is 0.978. The second-order valence-corrected chi connectivity index (χ2v) is 3.55. The van der Waals surface area contributed by atoms with Crippen LogP contribution in [0.5, 0.6) is 0 Å². The Morgan fingerprint density at radius 1 is 1.40 bits per heavy atom. The van der Waals surface area contributed by atoms with Crippen molar-refractivity contribution in [1.82, 2.24) is 10.3 Å². The van der Waals surface area contributed by atoms with Gasteiger partial charge in [-0.25, -0.2) is 4.98 Å². The molecule has 2 heterocycles. The maximum Gasteiger partial charge on any atom is 0.128 e. The second-order valence-electron chi connectivity index (χ2n) is 3.55. The Balaban J connectivity index is 2.04. The van der Waals surface area contributed by atoms with E-state index in [1.807, 2.05) is 12.1 Å². The molecule has 0 aliphatic carbocycles. The molecule has 0 atom stereocenters. The second kappa shape index (κ2) is 4.84. The lowest BCUT2D eigenvalue weighted by Gasteiger charge is -2.28. The molecule has 1 N–H and O–H groups in total. The lowest BCUT2D eigenvalue weighted by atomic mass is 10.2. The van der Waals surface area contributed by atoms with Gasteiger partial charge in [0.2, 0.25) is 0 Å². The Bertz CT molecular complexity index is 319. The lowest BCUT2D eigenvalue weighted by Crippen LogP contribution is -2.43. The number of hydrogen-bond acceptors (Lipinski definition) is 5. The first-order valence-corrected chi connectivity index (χ1v) is 5.10. The monoisotopic (exact) mass is 206 g/mol. The molecule has 0 bridgehead atoms. The summed E-state index contributed by atoms with van der Waals surface area (Å²) in [7, 11) is 0. The van der Waals surface area contributed by atoms with Crippen molar-refractivity contribution in [3.05, 3.63) is 28.8 Å². The molecule has 1 aliphatic heterocycles. The largest absolute Gasteiger partial charge is 0.354 e. The molecule has 0 radical (unpaired) electrons. The smallest absolute Gasteiger partial charge is 0.128 e. The Morgan fingerprint density at radius 3 is 2.80 bits per heavy atom. The van der Waals surface area contributed by atoms with Crippen LogP contribution in [0.15, 0.2) is 23.5 Å². The van der Waals surface area contributed by atoms with Crippen LogP contribution in [0.3, 0.4) is 0 Å². The van der Waals surface area contributed by atoms with Crippen LogP contribution in [-0.4, -0.2) is 31.2 Å². The Hall–Kier alpha value is -1.49. The minimum absolute atomic E-state index is 0.203. The van der Waals surface area contributed by atoms with Gasteiger partial charge in [-0.3, -0.25) is 0 Å². The molecule has 0 unspecified atom stereocenters. The van der Waals surface area contributed by atoms with Crippen LogP contribution in [0, 0.1) is 4.91 Å². The first-order chi connectivity index (χ1) is 7.40. The average Bonchev–Trinajstić information content (AvgIpc) is 2.32. The summed E-state index contributed by atoms with van der Waals surface area (Å²) in [4.78, 5) is 16.6. The first kappa shape index (κ1) is 10.0. The summed E-state index contributed by atoms with van der Waals surface area (Å²) < 4.78 is 0. The lowest BCUT2D eigenvalue weighted by molar-refractivity contribution is 0.585. The number of nitroso groups, excluding NO2 is 1. The summed E-state index contributed by atoms with van der Waals surface area (Å²) in [6.45, 7) is 4.17. The quantitative estimate of drug-likeness (QED) is 0.742. The molecule has 1 saturated heterocycles. The Labute approximate surface area is 88.5 Å². The highest BCUT2D eigenvalue weighted by Crippen LogP contribution is 2.12. The molecule has 80 valence electrons. The van der Waals surface area contributed by atoms with E-state index < -0.39 is 0 Å². The molecule has 5 heteroatoms. The maximum atomic E-state index is 10.1. The third-order valence-electron chi connectivity index (χ3n) is 2.50.